The fourth-order valence-corrected chi connectivity index (χ4v) is 3.36. The number of halogens is 1. The highest BCUT2D eigenvalue weighted by Crippen LogP contribution is 2.24. The molecule has 0 spiro atoms. The van der Waals surface area contributed by atoms with Gasteiger partial charge in [0.2, 0.25) is 0 Å². The van der Waals surface area contributed by atoms with Gasteiger partial charge in [-0.2, -0.15) is 0 Å². The predicted molar refractivity (Wildman–Crippen MR) is 94.4 cm³/mol. The zero-order valence-corrected chi connectivity index (χ0v) is 14.3. The van der Waals surface area contributed by atoms with Gasteiger partial charge in [0.25, 0.3) is 0 Å². The smallest absolute Gasteiger partial charge is 0.168 e. The third kappa shape index (κ3) is 4.04. The molecule has 0 saturated carbocycles. The van der Waals surface area contributed by atoms with Crippen molar-refractivity contribution in [1.82, 2.24) is 9.55 Å². The van der Waals surface area contributed by atoms with Crippen LogP contribution in [0.25, 0.3) is 0 Å². The molecule has 2 aromatic carbocycles. The molecule has 0 aliphatic heterocycles. The lowest BCUT2D eigenvalue weighted by atomic mass is 10.2. The Morgan fingerprint density at radius 2 is 1.71 bits per heavy atom. The summed E-state index contributed by atoms with van der Waals surface area (Å²) in [6, 6.07) is 14.8. The van der Waals surface area contributed by atoms with E-state index >= 15 is 0 Å². The van der Waals surface area contributed by atoms with E-state index in [2.05, 4.69) is 36.2 Å². The molecule has 0 unspecified atom stereocenters. The van der Waals surface area contributed by atoms with E-state index in [-0.39, 0.29) is 12.4 Å². The van der Waals surface area contributed by atoms with Gasteiger partial charge in [0.1, 0.15) is 5.82 Å². The minimum Gasteiger partial charge on any atom is -0.390 e. The van der Waals surface area contributed by atoms with Crippen LogP contribution in [-0.2, 0) is 18.9 Å². The first-order valence-electron chi connectivity index (χ1n) is 7.74. The highest BCUT2D eigenvalue weighted by atomic mass is 32.2. The number of hydrogen-bond acceptors (Lipinski definition) is 3. The van der Waals surface area contributed by atoms with Crippen molar-refractivity contribution < 1.29 is 9.50 Å². The predicted octanol–water partition coefficient (Wildman–Crippen LogP) is 4.16. The molecule has 5 heteroatoms. The Labute approximate surface area is 145 Å². The van der Waals surface area contributed by atoms with Crippen LogP contribution in [0.5, 0.6) is 0 Å². The van der Waals surface area contributed by atoms with Gasteiger partial charge < -0.3 is 9.67 Å². The summed E-state index contributed by atoms with van der Waals surface area (Å²) in [4.78, 5) is 4.43. The second kappa shape index (κ2) is 7.64. The number of imidazole rings is 1. The van der Waals surface area contributed by atoms with Crippen molar-refractivity contribution in [1.29, 1.82) is 0 Å². The van der Waals surface area contributed by atoms with Gasteiger partial charge in [0.15, 0.2) is 5.16 Å². The van der Waals surface area contributed by atoms with Crippen LogP contribution in [0.1, 0.15) is 22.4 Å². The summed E-state index contributed by atoms with van der Waals surface area (Å²) in [6.07, 6.45) is 1.70. The van der Waals surface area contributed by atoms with E-state index < -0.39 is 0 Å². The number of thioether (sulfide) groups is 1. The summed E-state index contributed by atoms with van der Waals surface area (Å²) < 4.78 is 15.0. The van der Waals surface area contributed by atoms with Gasteiger partial charge in [-0.1, -0.05) is 53.7 Å². The normalized spacial score (nSPS) is 11.0. The first kappa shape index (κ1) is 16.7. The molecule has 0 aliphatic carbocycles. The van der Waals surface area contributed by atoms with Crippen LogP contribution in [0, 0.1) is 12.7 Å². The minimum absolute atomic E-state index is 0.0702. The molecule has 0 atom stereocenters. The van der Waals surface area contributed by atoms with Crippen molar-refractivity contribution in [2.24, 2.45) is 0 Å². The van der Waals surface area contributed by atoms with Gasteiger partial charge in [-0.25, -0.2) is 9.37 Å². The highest BCUT2D eigenvalue weighted by Gasteiger charge is 2.11. The Morgan fingerprint density at radius 1 is 1.04 bits per heavy atom. The van der Waals surface area contributed by atoms with Crippen LogP contribution in [0.3, 0.4) is 0 Å². The van der Waals surface area contributed by atoms with E-state index in [4.69, 9.17) is 0 Å². The van der Waals surface area contributed by atoms with Gasteiger partial charge >= 0.3 is 0 Å². The van der Waals surface area contributed by atoms with Crippen molar-refractivity contribution in [3.63, 3.8) is 0 Å². The molecule has 1 heterocycles. The van der Waals surface area contributed by atoms with Crippen molar-refractivity contribution in [2.75, 3.05) is 0 Å². The standard InChI is InChI=1S/C19H19FN2OS/c1-14-2-4-16(5-3-14)13-24-19-21-10-18(12-23)22(19)11-15-6-8-17(20)9-7-15/h2-10,23H,11-13H2,1H3. The first-order chi connectivity index (χ1) is 11.7. The number of aliphatic hydroxyl groups excluding tert-OH is 1. The van der Waals surface area contributed by atoms with Crippen LogP contribution in [0.2, 0.25) is 0 Å². The number of hydrogen-bond donors (Lipinski definition) is 1. The van der Waals surface area contributed by atoms with Crippen LogP contribution < -0.4 is 0 Å². The summed E-state index contributed by atoms with van der Waals surface area (Å²) in [5.41, 5.74) is 4.20. The lowest BCUT2D eigenvalue weighted by Crippen LogP contribution is -2.06. The first-order valence-corrected chi connectivity index (χ1v) is 8.72. The number of aromatic nitrogens is 2. The van der Waals surface area contributed by atoms with Crippen molar-refractivity contribution in [3.05, 3.63) is 82.9 Å². The fraction of sp³-hybridized carbons (Fsp3) is 0.211. The van der Waals surface area contributed by atoms with Gasteiger partial charge in [-0.05, 0) is 30.2 Å². The average Bonchev–Trinajstić information content (AvgIpc) is 2.98. The number of nitrogens with zero attached hydrogens (tertiary/aromatic N) is 2. The second-order valence-corrected chi connectivity index (χ2v) is 6.62. The maximum atomic E-state index is 13.1. The lowest BCUT2D eigenvalue weighted by molar-refractivity contribution is 0.270. The van der Waals surface area contributed by atoms with E-state index in [1.807, 2.05) is 4.57 Å². The third-order valence-corrected chi connectivity index (χ3v) is 4.87. The zero-order valence-electron chi connectivity index (χ0n) is 13.4. The van der Waals surface area contributed by atoms with E-state index in [9.17, 15) is 9.50 Å². The Kier molecular flexibility index (Phi) is 5.33. The summed E-state index contributed by atoms with van der Waals surface area (Å²) in [5.74, 6) is 0.562. The van der Waals surface area contributed by atoms with Crippen LogP contribution >= 0.6 is 11.8 Å². The molecule has 24 heavy (non-hydrogen) atoms. The summed E-state index contributed by atoms with van der Waals surface area (Å²) in [5, 5.41) is 10.4. The monoisotopic (exact) mass is 342 g/mol. The summed E-state index contributed by atoms with van der Waals surface area (Å²) in [7, 11) is 0. The van der Waals surface area contributed by atoms with E-state index in [0.717, 1.165) is 22.2 Å². The molecule has 3 aromatic rings. The van der Waals surface area contributed by atoms with Crippen molar-refractivity contribution >= 4 is 11.8 Å². The van der Waals surface area contributed by atoms with Crippen LogP contribution in [0.15, 0.2) is 59.9 Å². The Hall–Kier alpha value is -2.11. The van der Waals surface area contributed by atoms with Crippen LogP contribution in [0.4, 0.5) is 4.39 Å². The second-order valence-electron chi connectivity index (χ2n) is 5.68. The van der Waals surface area contributed by atoms with Crippen molar-refractivity contribution in [2.45, 2.75) is 31.0 Å². The molecular weight excluding hydrogens is 323 g/mol. The molecule has 124 valence electrons. The molecule has 0 radical (unpaired) electrons. The molecular formula is C19H19FN2OS. The maximum absolute atomic E-state index is 13.1. The number of rotatable bonds is 6. The minimum atomic E-state index is -0.249. The van der Waals surface area contributed by atoms with Crippen molar-refractivity contribution in [3.8, 4) is 0 Å². The zero-order chi connectivity index (χ0) is 16.9. The highest BCUT2D eigenvalue weighted by molar-refractivity contribution is 7.98. The Bertz CT molecular complexity index is 797. The number of benzene rings is 2. The molecule has 0 fully saturated rings. The van der Waals surface area contributed by atoms with Gasteiger partial charge in [-0.3, -0.25) is 0 Å². The van der Waals surface area contributed by atoms with E-state index in [0.29, 0.717) is 6.54 Å². The largest absolute Gasteiger partial charge is 0.390 e. The quantitative estimate of drug-likeness (QED) is 0.684. The topological polar surface area (TPSA) is 38.1 Å². The van der Waals surface area contributed by atoms with Gasteiger partial charge in [-0.15, -0.1) is 0 Å². The lowest BCUT2D eigenvalue weighted by Gasteiger charge is -2.11. The average molecular weight is 342 g/mol. The maximum Gasteiger partial charge on any atom is 0.168 e. The summed E-state index contributed by atoms with van der Waals surface area (Å²) in [6.45, 7) is 2.56. The SMILES string of the molecule is Cc1ccc(CSc2ncc(CO)n2Cc2ccc(F)cc2)cc1. The molecule has 0 aliphatic rings. The van der Waals surface area contributed by atoms with Gasteiger partial charge in [0.05, 0.1) is 18.5 Å². The number of aryl methyl sites for hydroxylation is 1. The molecule has 1 N–H and O–H groups in total. The van der Waals surface area contributed by atoms with E-state index in [1.165, 1.54) is 23.3 Å². The molecule has 3 nitrogen and oxygen atoms in total. The third-order valence-electron chi connectivity index (χ3n) is 3.81. The molecule has 1 aromatic heterocycles. The van der Waals surface area contributed by atoms with E-state index in [1.54, 1.807) is 30.1 Å². The Balaban J connectivity index is 1.76. The molecule has 3 rings (SSSR count). The number of aliphatic hydroxyl groups is 1. The Morgan fingerprint density at radius 3 is 2.38 bits per heavy atom. The van der Waals surface area contributed by atoms with Gasteiger partial charge in [0, 0.05) is 12.3 Å². The van der Waals surface area contributed by atoms with Crippen LogP contribution in [-0.4, -0.2) is 14.7 Å². The molecule has 0 saturated heterocycles. The molecule has 0 bridgehead atoms. The summed E-state index contributed by atoms with van der Waals surface area (Å²) >= 11 is 1.63. The fourth-order valence-electron chi connectivity index (χ4n) is 2.41. The molecule has 0 amide bonds.